The first-order valence-corrected chi connectivity index (χ1v) is 8.74. The van der Waals surface area contributed by atoms with Crippen LogP contribution in [0.1, 0.15) is 52.4 Å². The van der Waals surface area contributed by atoms with Gasteiger partial charge in [-0.3, -0.25) is 0 Å². The third-order valence-electron chi connectivity index (χ3n) is 3.69. The van der Waals surface area contributed by atoms with Gasteiger partial charge in [0.05, 0.1) is 0 Å². The molecule has 0 bridgehead atoms. The van der Waals surface area contributed by atoms with Gasteiger partial charge in [0.1, 0.15) is 0 Å². The molecule has 0 saturated carbocycles. The third-order valence-corrected chi connectivity index (χ3v) is 6.08. The Labute approximate surface area is 117 Å². The third kappa shape index (κ3) is 5.44. The molecule has 17 heavy (non-hydrogen) atoms. The summed E-state index contributed by atoms with van der Waals surface area (Å²) in [6, 6.07) is 0. The van der Waals surface area contributed by atoms with Crippen molar-refractivity contribution in [3.05, 3.63) is 0 Å². The maximum absolute atomic E-state index is 5.42. The molecule has 0 spiro atoms. The summed E-state index contributed by atoms with van der Waals surface area (Å²) >= 11 is 6.81. The predicted molar refractivity (Wildman–Crippen MR) is 82.4 cm³/mol. The summed E-state index contributed by atoms with van der Waals surface area (Å²) in [5.74, 6) is 2.34. The molecule has 102 valence electrons. The minimum absolute atomic E-state index is 0.482. The van der Waals surface area contributed by atoms with Gasteiger partial charge < -0.3 is 4.74 Å². The molecule has 0 aromatic heterocycles. The molecule has 1 heterocycles. The topological polar surface area (TPSA) is 9.23 Å². The number of ether oxygens (including phenoxy) is 1. The van der Waals surface area contributed by atoms with Crippen LogP contribution in [0, 0.1) is 5.41 Å². The summed E-state index contributed by atoms with van der Waals surface area (Å²) in [7, 11) is 0. The summed E-state index contributed by atoms with van der Waals surface area (Å²) in [6.07, 6.45) is 7.72. The number of thioether (sulfide) groups is 1. The molecule has 0 aliphatic carbocycles. The molecule has 1 aliphatic heterocycles. The van der Waals surface area contributed by atoms with Gasteiger partial charge in [-0.05, 0) is 42.6 Å². The summed E-state index contributed by atoms with van der Waals surface area (Å²) in [5, 5.41) is 0.830. The van der Waals surface area contributed by atoms with Crippen molar-refractivity contribution in [2.75, 3.05) is 24.7 Å². The largest absolute Gasteiger partial charge is 0.381 e. The van der Waals surface area contributed by atoms with Gasteiger partial charge in [-0.2, -0.15) is 24.4 Å². The lowest BCUT2D eigenvalue weighted by Gasteiger charge is -2.34. The fraction of sp³-hybridized carbons (Fsp3) is 1.00. The van der Waals surface area contributed by atoms with E-state index in [1.165, 1.54) is 44.3 Å². The Balaban J connectivity index is 2.40. The number of hydrogen-bond acceptors (Lipinski definition) is 3. The Morgan fingerprint density at radius 3 is 2.24 bits per heavy atom. The van der Waals surface area contributed by atoms with Crippen molar-refractivity contribution in [1.29, 1.82) is 0 Å². The van der Waals surface area contributed by atoms with E-state index < -0.39 is 0 Å². The molecule has 0 radical (unpaired) electrons. The molecule has 1 saturated heterocycles. The average molecular weight is 277 g/mol. The van der Waals surface area contributed by atoms with Gasteiger partial charge in [0.2, 0.25) is 0 Å². The molecule has 0 atom stereocenters. The zero-order chi connectivity index (χ0) is 12.6. The van der Waals surface area contributed by atoms with Crippen LogP contribution in [-0.4, -0.2) is 30.0 Å². The highest BCUT2D eigenvalue weighted by Crippen LogP contribution is 2.37. The van der Waals surface area contributed by atoms with Crippen LogP contribution in [0.5, 0.6) is 0 Å². The monoisotopic (exact) mass is 276 g/mol. The van der Waals surface area contributed by atoms with Crippen molar-refractivity contribution in [2.24, 2.45) is 5.41 Å². The summed E-state index contributed by atoms with van der Waals surface area (Å²) in [4.78, 5) is 0. The van der Waals surface area contributed by atoms with Gasteiger partial charge >= 0.3 is 0 Å². The van der Waals surface area contributed by atoms with Crippen molar-refractivity contribution in [2.45, 2.75) is 57.6 Å². The van der Waals surface area contributed by atoms with Crippen molar-refractivity contribution in [3.63, 3.8) is 0 Å². The first kappa shape index (κ1) is 15.7. The Morgan fingerprint density at radius 1 is 1.18 bits per heavy atom. The zero-order valence-corrected chi connectivity index (χ0v) is 13.1. The van der Waals surface area contributed by atoms with E-state index in [1.807, 2.05) is 0 Å². The first-order valence-electron chi connectivity index (χ1n) is 7.06. The Kier molecular flexibility index (Phi) is 8.05. The quantitative estimate of drug-likeness (QED) is 0.657. The van der Waals surface area contributed by atoms with Crippen LogP contribution in [0.2, 0.25) is 0 Å². The molecule has 1 nitrogen and oxygen atoms in total. The molecule has 0 aromatic rings. The molecule has 1 aliphatic rings. The maximum atomic E-state index is 5.42. The molecular formula is C14H28OS2. The lowest BCUT2D eigenvalue weighted by molar-refractivity contribution is 0.0999. The van der Waals surface area contributed by atoms with E-state index >= 15 is 0 Å². The van der Waals surface area contributed by atoms with Gasteiger partial charge in [-0.25, -0.2) is 0 Å². The number of hydrogen-bond donors (Lipinski definition) is 1. The molecule has 1 fully saturated rings. The number of thiol groups is 1. The van der Waals surface area contributed by atoms with Gasteiger partial charge in [0.15, 0.2) is 0 Å². The maximum Gasteiger partial charge on any atom is 0.0476 e. The summed E-state index contributed by atoms with van der Waals surface area (Å²) in [6.45, 7) is 6.53. The lowest BCUT2D eigenvalue weighted by Crippen LogP contribution is -2.28. The van der Waals surface area contributed by atoms with E-state index in [-0.39, 0.29) is 0 Å². The second kappa shape index (κ2) is 8.71. The minimum Gasteiger partial charge on any atom is -0.381 e. The summed E-state index contributed by atoms with van der Waals surface area (Å²) in [5.41, 5.74) is 0.482. The van der Waals surface area contributed by atoms with Crippen LogP contribution in [0.3, 0.4) is 0 Å². The van der Waals surface area contributed by atoms with Gasteiger partial charge in [0.25, 0.3) is 0 Å². The highest BCUT2D eigenvalue weighted by Gasteiger charge is 2.28. The molecule has 0 N–H and O–H groups in total. The Hall–Kier alpha value is 0.660. The minimum atomic E-state index is 0.482. The predicted octanol–water partition coefficient (Wildman–Crippen LogP) is 4.42. The molecular weight excluding hydrogens is 248 g/mol. The smallest absolute Gasteiger partial charge is 0.0476 e. The highest BCUT2D eigenvalue weighted by atomic mass is 32.2. The van der Waals surface area contributed by atoms with Crippen LogP contribution < -0.4 is 0 Å². The summed E-state index contributed by atoms with van der Waals surface area (Å²) < 4.78 is 5.42. The van der Waals surface area contributed by atoms with Crippen LogP contribution in [0.4, 0.5) is 0 Å². The van der Waals surface area contributed by atoms with Crippen LogP contribution in [0.15, 0.2) is 0 Å². The van der Waals surface area contributed by atoms with E-state index in [0.29, 0.717) is 5.41 Å². The van der Waals surface area contributed by atoms with Gasteiger partial charge in [-0.15, -0.1) is 0 Å². The van der Waals surface area contributed by atoms with E-state index in [9.17, 15) is 0 Å². The lowest BCUT2D eigenvalue weighted by atomic mass is 9.83. The highest BCUT2D eigenvalue weighted by molar-refractivity contribution is 7.99. The Morgan fingerprint density at radius 2 is 1.76 bits per heavy atom. The molecule has 1 rings (SSSR count). The fourth-order valence-electron chi connectivity index (χ4n) is 2.67. The molecule has 3 heteroatoms. The molecule has 0 aromatic carbocycles. The van der Waals surface area contributed by atoms with Crippen molar-refractivity contribution < 1.29 is 4.74 Å². The number of rotatable bonds is 8. The van der Waals surface area contributed by atoms with Crippen molar-refractivity contribution in [3.8, 4) is 0 Å². The van der Waals surface area contributed by atoms with Crippen LogP contribution in [-0.2, 0) is 4.74 Å². The Bertz CT molecular complexity index is 185. The van der Waals surface area contributed by atoms with Gasteiger partial charge in [-0.1, -0.05) is 26.7 Å². The van der Waals surface area contributed by atoms with E-state index in [4.69, 9.17) is 4.74 Å². The second-order valence-electron chi connectivity index (χ2n) is 5.28. The van der Waals surface area contributed by atoms with Crippen molar-refractivity contribution >= 4 is 24.4 Å². The van der Waals surface area contributed by atoms with E-state index in [2.05, 4.69) is 38.2 Å². The second-order valence-corrected chi connectivity index (χ2v) is 6.89. The SMILES string of the molecule is CCCC(CS)(CCC)CSC1CCOCC1. The van der Waals surface area contributed by atoms with Crippen molar-refractivity contribution in [1.82, 2.24) is 0 Å². The first-order chi connectivity index (χ1) is 8.26. The average Bonchev–Trinajstić information content (AvgIpc) is 2.38. The van der Waals surface area contributed by atoms with Crippen LogP contribution >= 0.6 is 24.4 Å². The zero-order valence-electron chi connectivity index (χ0n) is 11.4. The standard InChI is InChI=1S/C14H28OS2/c1-3-7-14(11-16,8-4-2)12-17-13-5-9-15-10-6-13/h13,16H,3-12H2,1-2H3. The van der Waals surface area contributed by atoms with Crippen LogP contribution in [0.25, 0.3) is 0 Å². The van der Waals surface area contributed by atoms with Gasteiger partial charge in [0, 0.05) is 18.5 Å². The normalized spacial score (nSPS) is 18.5. The molecule has 0 amide bonds. The fourth-order valence-corrected chi connectivity index (χ4v) is 4.76. The van der Waals surface area contributed by atoms with E-state index in [1.54, 1.807) is 0 Å². The molecule has 0 unspecified atom stereocenters. The van der Waals surface area contributed by atoms with E-state index in [0.717, 1.165) is 24.2 Å².